The van der Waals surface area contributed by atoms with Crippen LogP contribution < -0.4 is 0 Å². The number of hydrogen-bond acceptors (Lipinski definition) is 3. The van der Waals surface area contributed by atoms with Gasteiger partial charge in [-0.3, -0.25) is 0 Å². The number of carbonyl (C=O) groups is 1. The van der Waals surface area contributed by atoms with Crippen molar-refractivity contribution in [3.63, 3.8) is 0 Å². The molecule has 1 aromatic carbocycles. The van der Waals surface area contributed by atoms with Crippen molar-refractivity contribution in [1.29, 1.82) is 0 Å². The molecule has 0 bridgehead atoms. The molecule has 2 atom stereocenters. The number of allylic oxidation sites excluding steroid dienone is 1. The zero-order chi connectivity index (χ0) is 16.1. The van der Waals surface area contributed by atoms with Gasteiger partial charge in [0, 0.05) is 4.90 Å². The van der Waals surface area contributed by atoms with E-state index in [0.29, 0.717) is 11.1 Å². The van der Waals surface area contributed by atoms with E-state index in [1.165, 1.54) is 0 Å². The summed E-state index contributed by atoms with van der Waals surface area (Å²) in [7, 11) is 0. The van der Waals surface area contributed by atoms with E-state index >= 15 is 0 Å². The molecule has 1 aromatic rings. The Balaban J connectivity index is 2.27. The Morgan fingerprint density at radius 2 is 1.86 bits per heavy atom. The molecule has 0 aliphatic heterocycles. The number of halogens is 2. The Kier molecular flexibility index (Phi) is 6.00. The van der Waals surface area contributed by atoms with Gasteiger partial charge in [0.2, 0.25) is 0 Å². The molecular formula is C17H20F2O2S. The summed E-state index contributed by atoms with van der Waals surface area (Å²) in [5.74, 6) is -0.721. The lowest BCUT2D eigenvalue weighted by Gasteiger charge is -2.11. The molecule has 1 saturated carbocycles. The van der Waals surface area contributed by atoms with Crippen LogP contribution in [0.3, 0.4) is 0 Å². The fourth-order valence-corrected chi connectivity index (χ4v) is 3.01. The zero-order valence-electron chi connectivity index (χ0n) is 12.7. The van der Waals surface area contributed by atoms with Crippen molar-refractivity contribution >= 4 is 23.3 Å². The number of benzene rings is 1. The molecule has 22 heavy (non-hydrogen) atoms. The molecule has 1 aliphatic rings. The van der Waals surface area contributed by atoms with Gasteiger partial charge in [-0.2, -0.15) is 0 Å². The van der Waals surface area contributed by atoms with E-state index in [4.69, 9.17) is 4.74 Å². The number of thioether (sulfide) groups is 1. The number of hydrogen-bond donors (Lipinski definition) is 0. The van der Waals surface area contributed by atoms with Crippen LogP contribution in [0.4, 0.5) is 8.78 Å². The summed E-state index contributed by atoms with van der Waals surface area (Å²) in [4.78, 5) is 13.2. The fraction of sp³-hybridized carbons (Fsp3) is 0.471. The summed E-state index contributed by atoms with van der Waals surface area (Å²) < 4.78 is 31.8. The average Bonchev–Trinajstić information content (AvgIpc) is 2.83. The molecule has 2 rings (SSSR count). The lowest BCUT2D eigenvalue weighted by atomic mass is 9.98. The first-order valence-corrected chi connectivity index (χ1v) is 8.59. The lowest BCUT2D eigenvalue weighted by Crippen LogP contribution is -2.08. The first kappa shape index (κ1) is 17.0. The predicted molar refractivity (Wildman–Crippen MR) is 85.3 cm³/mol. The average molecular weight is 326 g/mol. The van der Waals surface area contributed by atoms with Gasteiger partial charge in [0.1, 0.15) is 12.3 Å². The molecular weight excluding hydrogens is 306 g/mol. The molecule has 0 N–H and O–H groups in total. The summed E-state index contributed by atoms with van der Waals surface area (Å²) in [5.41, 5.74) is 1.11. The van der Waals surface area contributed by atoms with E-state index in [0.717, 1.165) is 4.90 Å². The molecule has 1 fully saturated rings. The molecule has 0 radical (unpaired) electrons. The number of carbonyl (C=O) groups excluding carboxylic acids is 1. The van der Waals surface area contributed by atoms with Crippen molar-refractivity contribution in [2.75, 3.05) is 12.9 Å². The Labute approximate surface area is 133 Å². The second kappa shape index (κ2) is 7.77. The molecule has 0 heterocycles. The van der Waals surface area contributed by atoms with Crippen LogP contribution in [0.1, 0.15) is 25.3 Å². The highest BCUT2D eigenvalue weighted by atomic mass is 32.2. The molecule has 5 heteroatoms. The maximum atomic E-state index is 13.3. The summed E-state index contributed by atoms with van der Waals surface area (Å²) in [6.07, 6.45) is 0.989. The highest BCUT2D eigenvalue weighted by Crippen LogP contribution is 2.34. The Morgan fingerprint density at radius 3 is 2.36 bits per heavy atom. The van der Waals surface area contributed by atoms with Gasteiger partial charge in [-0.1, -0.05) is 18.2 Å². The molecule has 1 aliphatic carbocycles. The van der Waals surface area contributed by atoms with Gasteiger partial charge in [-0.15, -0.1) is 11.8 Å². The monoisotopic (exact) mass is 326 g/mol. The molecule has 2 nitrogen and oxygen atoms in total. The van der Waals surface area contributed by atoms with Crippen LogP contribution >= 0.6 is 11.8 Å². The van der Waals surface area contributed by atoms with Crippen LogP contribution in [0.25, 0.3) is 5.57 Å². The Bertz CT molecular complexity index is 532. The fourth-order valence-electron chi connectivity index (χ4n) is 2.60. The number of rotatable bonds is 5. The molecule has 0 spiro atoms. The second-order valence-corrected chi connectivity index (χ2v) is 6.17. The van der Waals surface area contributed by atoms with Crippen molar-refractivity contribution in [2.45, 2.75) is 37.0 Å². The topological polar surface area (TPSA) is 26.3 Å². The Hall–Kier alpha value is -1.36. The summed E-state index contributed by atoms with van der Waals surface area (Å²) in [6, 6.07) is 7.50. The molecule has 0 amide bonds. The maximum absolute atomic E-state index is 13.3. The summed E-state index contributed by atoms with van der Waals surface area (Å²) in [6.45, 7) is 2.00. The van der Waals surface area contributed by atoms with Crippen LogP contribution in [0.2, 0.25) is 0 Å². The van der Waals surface area contributed by atoms with E-state index in [1.807, 2.05) is 30.5 Å². The van der Waals surface area contributed by atoms with Gasteiger partial charge >= 0.3 is 5.97 Å². The third-order valence-electron chi connectivity index (χ3n) is 3.75. The van der Waals surface area contributed by atoms with Crippen LogP contribution in [0.5, 0.6) is 0 Å². The van der Waals surface area contributed by atoms with Crippen LogP contribution in [0, 0.1) is 5.92 Å². The first-order valence-electron chi connectivity index (χ1n) is 7.36. The van der Waals surface area contributed by atoms with Crippen molar-refractivity contribution in [3.8, 4) is 0 Å². The van der Waals surface area contributed by atoms with Gasteiger partial charge in [0.05, 0.1) is 12.2 Å². The minimum Gasteiger partial charge on any atom is -0.462 e. The van der Waals surface area contributed by atoms with Crippen molar-refractivity contribution in [2.24, 2.45) is 5.92 Å². The zero-order valence-corrected chi connectivity index (χ0v) is 13.5. The molecule has 0 saturated heterocycles. The maximum Gasteiger partial charge on any atom is 0.338 e. The summed E-state index contributed by atoms with van der Waals surface area (Å²) >= 11 is 1.61. The SMILES string of the molecule is CCOC(=O)C(=CC1CC(F)C(F)C1)c1ccc(SC)cc1. The smallest absolute Gasteiger partial charge is 0.338 e. The quantitative estimate of drug-likeness (QED) is 0.454. The Morgan fingerprint density at radius 1 is 1.27 bits per heavy atom. The number of esters is 1. The standard InChI is InChI=1S/C17H20F2O2S/c1-3-21-17(20)14(8-11-9-15(18)16(19)10-11)12-4-6-13(22-2)7-5-12/h4-8,11,15-16H,3,9-10H2,1-2H3. The van der Waals surface area contributed by atoms with E-state index < -0.39 is 18.3 Å². The normalized spacial score (nSPS) is 25.3. The van der Waals surface area contributed by atoms with Crippen molar-refractivity contribution in [1.82, 2.24) is 0 Å². The van der Waals surface area contributed by atoms with E-state index in [-0.39, 0.29) is 25.4 Å². The summed E-state index contributed by atoms with van der Waals surface area (Å²) in [5, 5.41) is 0. The van der Waals surface area contributed by atoms with Crippen LogP contribution in [-0.2, 0) is 9.53 Å². The van der Waals surface area contributed by atoms with Crippen molar-refractivity contribution < 1.29 is 18.3 Å². The van der Waals surface area contributed by atoms with Gasteiger partial charge < -0.3 is 4.74 Å². The first-order chi connectivity index (χ1) is 10.5. The minimum absolute atomic E-state index is 0.118. The molecule has 120 valence electrons. The number of ether oxygens (including phenoxy) is 1. The third kappa shape index (κ3) is 4.09. The molecule has 2 unspecified atom stereocenters. The third-order valence-corrected chi connectivity index (χ3v) is 4.49. The molecule has 0 aromatic heterocycles. The van der Waals surface area contributed by atoms with Crippen molar-refractivity contribution in [3.05, 3.63) is 35.9 Å². The van der Waals surface area contributed by atoms with Gasteiger partial charge in [0.15, 0.2) is 0 Å². The number of alkyl halides is 2. The van der Waals surface area contributed by atoms with Crippen LogP contribution in [0.15, 0.2) is 35.2 Å². The van der Waals surface area contributed by atoms with Gasteiger partial charge in [-0.05, 0) is 49.6 Å². The van der Waals surface area contributed by atoms with E-state index in [1.54, 1.807) is 24.8 Å². The highest BCUT2D eigenvalue weighted by molar-refractivity contribution is 7.98. The van der Waals surface area contributed by atoms with Gasteiger partial charge in [0.25, 0.3) is 0 Å². The minimum atomic E-state index is -1.44. The van der Waals surface area contributed by atoms with E-state index in [9.17, 15) is 13.6 Å². The predicted octanol–water partition coefficient (Wildman–Crippen LogP) is 4.44. The van der Waals surface area contributed by atoms with Crippen LogP contribution in [-0.4, -0.2) is 31.2 Å². The highest BCUT2D eigenvalue weighted by Gasteiger charge is 2.34. The lowest BCUT2D eigenvalue weighted by molar-refractivity contribution is -0.136. The van der Waals surface area contributed by atoms with E-state index in [2.05, 4.69) is 0 Å². The largest absolute Gasteiger partial charge is 0.462 e. The second-order valence-electron chi connectivity index (χ2n) is 5.29. The van der Waals surface area contributed by atoms with Gasteiger partial charge in [-0.25, -0.2) is 13.6 Å².